The van der Waals surface area contributed by atoms with Crippen LogP contribution in [0.3, 0.4) is 0 Å². The molecule has 0 saturated heterocycles. The highest BCUT2D eigenvalue weighted by Gasteiger charge is 2.13. The highest BCUT2D eigenvalue weighted by molar-refractivity contribution is 6.08. The molecule has 3 nitrogen and oxygen atoms in total. The number of carbonyl (C=O) groups is 1. The first-order chi connectivity index (χ1) is 10.3. The molecule has 0 aromatic heterocycles. The minimum atomic E-state index is -0.477. The Bertz CT molecular complexity index is 782. The predicted octanol–water partition coefficient (Wildman–Crippen LogP) is 3.52. The second kappa shape index (κ2) is 5.67. The second-order valence-electron chi connectivity index (χ2n) is 4.80. The third-order valence-corrected chi connectivity index (χ3v) is 3.37. The molecular formula is C18H15NO2. The third kappa shape index (κ3) is 2.72. The van der Waals surface area contributed by atoms with Gasteiger partial charge in [0.05, 0.1) is 5.56 Å². The minimum Gasteiger partial charge on any atom is -0.488 e. The van der Waals surface area contributed by atoms with Crippen molar-refractivity contribution < 1.29 is 9.53 Å². The molecule has 0 aliphatic carbocycles. The fourth-order valence-electron chi connectivity index (χ4n) is 2.36. The van der Waals surface area contributed by atoms with E-state index in [0.717, 1.165) is 16.3 Å². The van der Waals surface area contributed by atoms with Crippen molar-refractivity contribution in [3.63, 3.8) is 0 Å². The van der Waals surface area contributed by atoms with Gasteiger partial charge in [0.15, 0.2) is 0 Å². The van der Waals surface area contributed by atoms with Gasteiger partial charge in [0, 0.05) is 0 Å². The molecule has 0 unspecified atom stereocenters. The van der Waals surface area contributed by atoms with Gasteiger partial charge in [0.25, 0.3) is 5.91 Å². The van der Waals surface area contributed by atoms with Gasteiger partial charge in [0.1, 0.15) is 12.4 Å². The molecule has 0 spiro atoms. The van der Waals surface area contributed by atoms with E-state index < -0.39 is 5.91 Å². The monoisotopic (exact) mass is 277 g/mol. The first-order valence-corrected chi connectivity index (χ1v) is 6.74. The van der Waals surface area contributed by atoms with Gasteiger partial charge >= 0.3 is 0 Å². The fourth-order valence-corrected chi connectivity index (χ4v) is 2.36. The van der Waals surface area contributed by atoms with Gasteiger partial charge < -0.3 is 10.5 Å². The predicted molar refractivity (Wildman–Crippen MR) is 83.2 cm³/mol. The maximum Gasteiger partial charge on any atom is 0.253 e. The molecule has 104 valence electrons. The van der Waals surface area contributed by atoms with Crippen molar-refractivity contribution in [3.05, 3.63) is 77.9 Å². The molecule has 3 aromatic carbocycles. The van der Waals surface area contributed by atoms with Gasteiger partial charge in [-0.1, -0.05) is 60.7 Å². The number of benzene rings is 3. The maximum absolute atomic E-state index is 11.8. The summed E-state index contributed by atoms with van der Waals surface area (Å²) in [5.74, 6) is 0.0416. The lowest BCUT2D eigenvalue weighted by Gasteiger charge is -2.12. The lowest BCUT2D eigenvalue weighted by atomic mass is 10.0. The summed E-state index contributed by atoms with van der Waals surface area (Å²) in [5.41, 5.74) is 7.01. The Morgan fingerprint density at radius 2 is 1.62 bits per heavy atom. The summed E-state index contributed by atoms with van der Waals surface area (Å²) < 4.78 is 5.79. The van der Waals surface area contributed by atoms with Crippen LogP contribution in [-0.4, -0.2) is 5.91 Å². The van der Waals surface area contributed by atoms with E-state index in [-0.39, 0.29) is 0 Å². The summed E-state index contributed by atoms with van der Waals surface area (Å²) in [5, 5.41) is 1.79. The molecule has 0 bridgehead atoms. The quantitative estimate of drug-likeness (QED) is 0.793. The Morgan fingerprint density at radius 3 is 2.38 bits per heavy atom. The molecule has 3 rings (SSSR count). The topological polar surface area (TPSA) is 52.3 Å². The minimum absolute atomic E-state index is 0.402. The number of amides is 1. The van der Waals surface area contributed by atoms with E-state index in [2.05, 4.69) is 0 Å². The van der Waals surface area contributed by atoms with Crippen LogP contribution in [0.5, 0.6) is 5.75 Å². The zero-order valence-electron chi connectivity index (χ0n) is 11.5. The average Bonchev–Trinajstić information content (AvgIpc) is 2.53. The smallest absolute Gasteiger partial charge is 0.253 e. The molecule has 0 aliphatic rings. The summed E-state index contributed by atoms with van der Waals surface area (Å²) in [6.45, 7) is 0.402. The summed E-state index contributed by atoms with van der Waals surface area (Å²) in [6, 6.07) is 21.2. The van der Waals surface area contributed by atoms with Crippen LogP contribution in [0, 0.1) is 0 Å². The Balaban J connectivity index is 1.98. The standard InChI is InChI=1S/C18H15NO2/c19-18(20)17-15-9-5-4-8-14(15)10-11-16(17)21-12-13-6-2-1-3-7-13/h1-11H,12H2,(H2,19,20). The van der Waals surface area contributed by atoms with Crippen molar-refractivity contribution in [2.24, 2.45) is 5.73 Å². The molecule has 2 N–H and O–H groups in total. The van der Waals surface area contributed by atoms with Gasteiger partial charge in [-0.15, -0.1) is 0 Å². The Kier molecular flexibility index (Phi) is 3.56. The average molecular weight is 277 g/mol. The van der Waals surface area contributed by atoms with E-state index in [9.17, 15) is 4.79 Å². The number of carbonyl (C=O) groups excluding carboxylic acids is 1. The van der Waals surface area contributed by atoms with Crippen molar-refractivity contribution in [2.75, 3.05) is 0 Å². The highest BCUT2D eigenvalue weighted by atomic mass is 16.5. The lowest BCUT2D eigenvalue weighted by Crippen LogP contribution is -2.13. The Labute approximate surface area is 123 Å². The molecule has 0 heterocycles. The number of fused-ring (bicyclic) bond motifs is 1. The molecule has 0 atom stereocenters. The summed E-state index contributed by atoms with van der Waals surface area (Å²) in [4.78, 5) is 11.8. The first kappa shape index (κ1) is 13.2. The van der Waals surface area contributed by atoms with Crippen LogP contribution < -0.4 is 10.5 Å². The van der Waals surface area contributed by atoms with Crippen molar-refractivity contribution in [1.29, 1.82) is 0 Å². The summed E-state index contributed by atoms with van der Waals surface area (Å²) in [6.07, 6.45) is 0. The molecule has 0 radical (unpaired) electrons. The number of ether oxygens (including phenoxy) is 1. The van der Waals surface area contributed by atoms with Gasteiger partial charge in [-0.2, -0.15) is 0 Å². The van der Waals surface area contributed by atoms with E-state index in [1.54, 1.807) is 6.07 Å². The molecule has 3 heteroatoms. The largest absolute Gasteiger partial charge is 0.488 e. The van der Waals surface area contributed by atoms with E-state index >= 15 is 0 Å². The Morgan fingerprint density at radius 1 is 0.905 bits per heavy atom. The normalized spacial score (nSPS) is 10.5. The van der Waals surface area contributed by atoms with Crippen LogP contribution in [0.1, 0.15) is 15.9 Å². The number of nitrogens with two attached hydrogens (primary N) is 1. The van der Waals surface area contributed by atoms with Crippen molar-refractivity contribution >= 4 is 16.7 Å². The van der Waals surface area contributed by atoms with Crippen molar-refractivity contribution in [3.8, 4) is 5.75 Å². The maximum atomic E-state index is 11.8. The van der Waals surface area contributed by atoms with Crippen LogP contribution in [0.15, 0.2) is 66.7 Å². The SMILES string of the molecule is NC(=O)c1c(OCc2ccccc2)ccc2ccccc12. The van der Waals surface area contributed by atoms with Gasteiger partial charge in [0.2, 0.25) is 0 Å². The van der Waals surface area contributed by atoms with E-state index in [4.69, 9.17) is 10.5 Å². The molecular weight excluding hydrogens is 262 g/mol. The van der Waals surface area contributed by atoms with E-state index in [1.165, 1.54) is 0 Å². The molecule has 3 aromatic rings. The van der Waals surface area contributed by atoms with Crippen LogP contribution >= 0.6 is 0 Å². The van der Waals surface area contributed by atoms with Crippen molar-refractivity contribution in [2.45, 2.75) is 6.61 Å². The Hall–Kier alpha value is -2.81. The van der Waals surface area contributed by atoms with Crippen LogP contribution in [0.2, 0.25) is 0 Å². The number of hydrogen-bond acceptors (Lipinski definition) is 2. The van der Waals surface area contributed by atoms with Crippen molar-refractivity contribution in [1.82, 2.24) is 0 Å². The van der Waals surface area contributed by atoms with E-state index in [0.29, 0.717) is 17.9 Å². The van der Waals surface area contributed by atoms with Crippen LogP contribution in [0.25, 0.3) is 10.8 Å². The summed E-state index contributed by atoms with van der Waals surface area (Å²) >= 11 is 0. The zero-order valence-corrected chi connectivity index (χ0v) is 11.5. The van der Waals surface area contributed by atoms with Gasteiger partial charge in [-0.3, -0.25) is 4.79 Å². The van der Waals surface area contributed by atoms with E-state index in [1.807, 2.05) is 60.7 Å². The first-order valence-electron chi connectivity index (χ1n) is 6.74. The summed E-state index contributed by atoms with van der Waals surface area (Å²) in [7, 11) is 0. The molecule has 1 amide bonds. The van der Waals surface area contributed by atoms with Crippen LogP contribution in [0.4, 0.5) is 0 Å². The highest BCUT2D eigenvalue weighted by Crippen LogP contribution is 2.28. The molecule has 0 saturated carbocycles. The molecule has 0 aliphatic heterocycles. The van der Waals surface area contributed by atoms with Gasteiger partial charge in [-0.05, 0) is 22.4 Å². The number of hydrogen-bond donors (Lipinski definition) is 1. The lowest BCUT2D eigenvalue weighted by molar-refractivity contribution is 0.0997. The third-order valence-electron chi connectivity index (χ3n) is 3.37. The van der Waals surface area contributed by atoms with Gasteiger partial charge in [-0.25, -0.2) is 0 Å². The molecule has 0 fully saturated rings. The number of rotatable bonds is 4. The second-order valence-corrected chi connectivity index (χ2v) is 4.80. The molecule has 21 heavy (non-hydrogen) atoms. The van der Waals surface area contributed by atoms with Crippen LogP contribution in [-0.2, 0) is 6.61 Å². The zero-order chi connectivity index (χ0) is 14.7. The number of primary amides is 1. The fraction of sp³-hybridized carbons (Fsp3) is 0.0556.